The number of ether oxygens (including phenoxy) is 1. The van der Waals surface area contributed by atoms with Crippen molar-refractivity contribution in [2.75, 3.05) is 11.9 Å². The van der Waals surface area contributed by atoms with Gasteiger partial charge < -0.3 is 4.74 Å². The summed E-state index contributed by atoms with van der Waals surface area (Å²) in [7, 11) is 0. The summed E-state index contributed by atoms with van der Waals surface area (Å²) in [6.45, 7) is 5.95. The van der Waals surface area contributed by atoms with E-state index in [4.69, 9.17) is 4.74 Å². The van der Waals surface area contributed by atoms with Gasteiger partial charge in [0.15, 0.2) is 12.4 Å². The fraction of sp³-hybridized carbons (Fsp3) is 0.211. The topological polar surface area (TPSA) is 79.9 Å². The van der Waals surface area contributed by atoms with E-state index in [1.807, 2.05) is 63.2 Å². The number of hydrogen-bond donors (Lipinski definition) is 2. The Morgan fingerprint density at radius 3 is 2.56 bits per heavy atom. The number of aromatic amines is 1. The van der Waals surface area contributed by atoms with Crippen molar-refractivity contribution >= 4 is 11.9 Å². The number of aryl methyl sites for hydroxylation is 3. The highest BCUT2D eigenvalue weighted by Crippen LogP contribution is 2.17. The van der Waals surface area contributed by atoms with Crippen LogP contribution >= 0.6 is 0 Å². The standard InChI is InChI=1S/C19H20N4O2/c1-12-4-7-15(8-5-12)18-21-19(23-22-18)20-17(24)11-25-16-9-6-13(2)14(3)10-16/h4-10H,11H2,1-3H3,(H2,20,21,22,23,24). The fourth-order valence-electron chi connectivity index (χ4n) is 2.27. The van der Waals surface area contributed by atoms with Gasteiger partial charge in [0, 0.05) is 5.56 Å². The van der Waals surface area contributed by atoms with Gasteiger partial charge in [0.25, 0.3) is 5.91 Å². The van der Waals surface area contributed by atoms with Crippen LogP contribution in [0.4, 0.5) is 5.95 Å². The Balaban J connectivity index is 1.58. The minimum atomic E-state index is -0.312. The van der Waals surface area contributed by atoms with Gasteiger partial charge in [0.1, 0.15) is 5.75 Å². The van der Waals surface area contributed by atoms with E-state index in [1.165, 1.54) is 11.1 Å². The number of carbonyl (C=O) groups excluding carboxylic acids is 1. The van der Waals surface area contributed by atoms with Crippen LogP contribution in [0.3, 0.4) is 0 Å². The van der Waals surface area contributed by atoms with Crippen LogP contribution in [0.5, 0.6) is 5.75 Å². The van der Waals surface area contributed by atoms with Crippen LogP contribution in [0.2, 0.25) is 0 Å². The van der Waals surface area contributed by atoms with Crippen LogP contribution in [0, 0.1) is 20.8 Å². The van der Waals surface area contributed by atoms with Gasteiger partial charge in [-0.25, -0.2) is 0 Å². The van der Waals surface area contributed by atoms with Crippen molar-refractivity contribution in [1.82, 2.24) is 15.2 Å². The van der Waals surface area contributed by atoms with E-state index in [0.29, 0.717) is 11.6 Å². The van der Waals surface area contributed by atoms with E-state index < -0.39 is 0 Å². The second kappa shape index (κ2) is 7.17. The Kier molecular flexibility index (Phi) is 4.79. The first kappa shape index (κ1) is 16.7. The van der Waals surface area contributed by atoms with E-state index in [0.717, 1.165) is 11.1 Å². The monoisotopic (exact) mass is 336 g/mol. The van der Waals surface area contributed by atoms with Gasteiger partial charge in [-0.3, -0.25) is 15.2 Å². The van der Waals surface area contributed by atoms with E-state index >= 15 is 0 Å². The largest absolute Gasteiger partial charge is 0.484 e. The zero-order chi connectivity index (χ0) is 17.8. The Morgan fingerprint density at radius 2 is 1.84 bits per heavy atom. The molecule has 6 nitrogen and oxygen atoms in total. The summed E-state index contributed by atoms with van der Waals surface area (Å²) >= 11 is 0. The SMILES string of the molecule is Cc1ccc(-c2nc(NC(=O)COc3ccc(C)c(C)c3)n[nH]2)cc1. The average Bonchev–Trinajstić information content (AvgIpc) is 3.05. The first-order valence-corrected chi connectivity index (χ1v) is 8.00. The summed E-state index contributed by atoms with van der Waals surface area (Å²) in [4.78, 5) is 16.3. The van der Waals surface area contributed by atoms with Crippen LogP contribution in [-0.4, -0.2) is 27.7 Å². The number of benzene rings is 2. The Labute approximate surface area is 146 Å². The zero-order valence-electron chi connectivity index (χ0n) is 14.5. The molecule has 1 heterocycles. The number of H-pyrrole nitrogens is 1. The molecule has 0 spiro atoms. The van der Waals surface area contributed by atoms with E-state index in [-0.39, 0.29) is 18.5 Å². The number of amides is 1. The Bertz CT molecular complexity index is 885. The zero-order valence-corrected chi connectivity index (χ0v) is 14.5. The lowest BCUT2D eigenvalue weighted by atomic mass is 10.1. The third-order valence-corrected chi connectivity index (χ3v) is 3.91. The minimum Gasteiger partial charge on any atom is -0.484 e. The summed E-state index contributed by atoms with van der Waals surface area (Å²) in [6, 6.07) is 13.6. The highest BCUT2D eigenvalue weighted by atomic mass is 16.5. The molecule has 128 valence electrons. The molecule has 0 aliphatic heterocycles. The lowest BCUT2D eigenvalue weighted by Gasteiger charge is -2.07. The van der Waals surface area contributed by atoms with Crippen molar-refractivity contribution in [1.29, 1.82) is 0 Å². The lowest BCUT2D eigenvalue weighted by Crippen LogP contribution is -2.20. The molecule has 0 fully saturated rings. The molecule has 0 saturated heterocycles. The molecule has 0 aliphatic rings. The van der Waals surface area contributed by atoms with Gasteiger partial charge in [-0.1, -0.05) is 35.9 Å². The number of aromatic nitrogens is 3. The third-order valence-electron chi connectivity index (χ3n) is 3.91. The quantitative estimate of drug-likeness (QED) is 0.748. The molecular weight excluding hydrogens is 316 g/mol. The molecule has 2 aromatic carbocycles. The number of carbonyl (C=O) groups is 1. The number of nitrogens with one attached hydrogen (secondary N) is 2. The highest BCUT2D eigenvalue weighted by Gasteiger charge is 2.10. The summed E-state index contributed by atoms with van der Waals surface area (Å²) in [5.41, 5.74) is 4.38. The molecule has 1 amide bonds. The summed E-state index contributed by atoms with van der Waals surface area (Å²) < 4.78 is 5.50. The maximum absolute atomic E-state index is 12.0. The van der Waals surface area contributed by atoms with Gasteiger partial charge in [0.05, 0.1) is 0 Å². The van der Waals surface area contributed by atoms with Crippen molar-refractivity contribution in [3.05, 3.63) is 59.2 Å². The molecule has 0 bridgehead atoms. The molecule has 2 N–H and O–H groups in total. The molecule has 0 radical (unpaired) electrons. The molecular formula is C19H20N4O2. The van der Waals surface area contributed by atoms with Crippen molar-refractivity contribution < 1.29 is 9.53 Å². The molecule has 6 heteroatoms. The van der Waals surface area contributed by atoms with Crippen LogP contribution < -0.4 is 10.1 Å². The molecule has 3 rings (SSSR count). The van der Waals surface area contributed by atoms with Gasteiger partial charge in [0.2, 0.25) is 5.95 Å². The van der Waals surface area contributed by atoms with Crippen molar-refractivity contribution in [2.24, 2.45) is 0 Å². The van der Waals surface area contributed by atoms with E-state index in [9.17, 15) is 4.79 Å². The summed E-state index contributed by atoms with van der Waals surface area (Å²) in [5, 5.41) is 9.45. The van der Waals surface area contributed by atoms with Crippen LogP contribution in [-0.2, 0) is 4.79 Å². The first-order valence-electron chi connectivity index (χ1n) is 8.00. The van der Waals surface area contributed by atoms with Crippen LogP contribution in [0.25, 0.3) is 11.4 Å². The second-order valence-corrected chi connectivity index (χ2v) is 5.96. The molecule has 0 aliphatic carbocycles. The number of rotatable bonds is 5. The van der Waals surface area contributed by atoms with Gasteiger partial charge in [-0.15, -0.1) is 5.10 Å². The molecule has 0 atom stereocenters. The Hall–Kier alpha value is -3.15. The maximum Gasteiger partial charge on any atom is 0.264 e. The smallest absolute Gasteiger partial charge is 0.264 e. The fourth-order valence-corrected chi connectivity index (χ4v) is 2.27. The highest BCUT2D eigenvalue weighted by molar-refractivity contribution is 5.90. The van der Waals surface area contributed by atoms with Gasteiger partial charge >= 0.3 is 0 Å². The van der Waals surface area contributed by atoms with Crippen LogP contribution in [0.1, 0.15) is 16.7 Å². The predicted octanol–water partition coefficient (Wildman–Crippen LogP) is 3.41. The van der Waals surface area contributed by atoms with Gasteiger partial charge in [-0.05, 0) is 44.0 Å². The molecule has 0 unspecified atom stereocenters. The van der Waals surface area contributed by atoms with Crippen LogP contribution in [0.15, 0.2) is 42.5 Å². The Morgan fingerprint density at radius 1 is 1.08 bits per heavy atom. The predicted molar refractivity (Wildman–Crippen MR) is 96.6 cm³/mol. The third kappa shape index (κ3) is 4.23. The number of nitrogens with zero attached hydrogens (tertiary/aromatic N) is 2. The molecule has 0 saturated carbocycles. The minimum absolute atomic E-state index is 0.100. The second-order valence-electron chi connectivity index (χ2n) is 5.96. The molecule has 3 aromatic rings. The van der Waals surface area contributed by atoms with Gasteiger partial charge in [-0.2, -0.15) is 4.98 Å². The summed E-state index contributed by atoms with van der Waals surface area (Å²) in [6.07, 6.45) is 0. The average molecular weight is 336 g/mol. The van der Waals surface area contributed by atoms with E-state index in [2.05, 4.69) is 20.5 Å². The maximum atomic E-state index is 12.0. The summed E-state index contributed by atoms with van der Waals surface area (Å²) in [5.74, 6) is 1.18. The molecule has 1 aromatic heterocycles. The number of hydrogen-bond acceptors (Lipinski definition) is 4. The van der Waals surface area contributed by atoms with Crippen molar-refractivity contribution in [3.8, 4) is 17.1 Å². The first-order chi connectivity index (χ1) is 12.0. The molecule has 25 heavy (non-hydrogen) atoms. The lowest BCUT2D eigenvalue weighted by molar-refractivity contribution is -0.118. The van der Waals surface area contributed by atoms with Crippen molar-refractivity contribution in [3.63, 3.8) is 0 Å². The number of anilines is 1. The normalized spacial score (nSPS) is 10.5. The van der Waals surface area contributed by atoms with E-state index in [1.54, 1.807) is 0 Å². The van der Waals surface area contributed by atoms with Crippen molar-refractivity contribution in [2.45, 2.75) is 20.8 Å².